The number of methoxy groups -OCH3 is 1. The van der Waals surface area contributed by atoms with Crippen LogP contribution in [0.3, 0.4) is 0 Å². The van der Waals surface area contributed by atoms with Crippen molar-refractivity contribution in [3.05, 3.63) is 29.6 Å². The van der Waals surface area contributed by atoms with E-state index in [2.05, 4.69) is 5.32 Å². The maximum Gasteiger partial charge on any atom is 0.165 e. The van der Waals surface area contributed by atoms with E-state index in [-0.39, 0.29) is 17.6 Å². The van der Waals surface area contributed by atoms with E-state index < -0.39 is 0 Å². The summed E-state index contributed by atoms with van der Waals surface area (Å²) in [7, 11) is 1.47. The number of benzene rings is 1. The van der Waals surface area contributed by atoms with Crippen LogP contribution in [-0.4, -0.2) is 26.9 Å². The molecule has 2 rings (SSSR count). The molecule has 1 aromatic rings. The summed E-state index contributed by atoms with van der Waals surface area (Å²) in [6.45, 7) is 2.17. The minimum atomic E-state index is -0.335. The Labute approximate surface area is 88.2 Å². The van der Waals surface area contributed by atoms with Crippen LogP contribution in [0.1, 0.15) is 11.6 Å². The highest BCUT2D eigenvalue weighted by molar-refractivity contribution is 5.32. The molecule has 0 aromatic heterocycles. The molecule has 1 N–H and O–H groups in total. The number of halogens is 1. The number of rotatable bonds is 2. The Kier molecular flexibility index (Phi) is 3.18. The molecular weight excluding hydrogens is 197 g/mol. The molecule has 4 heteroatoms. The third kappa shape index (κ3) is 2.27. The van der Waals surface area contributed by atoms with Crippen molar-refractivity contribution in [2.75, 3.05) is 26.9 Å². The van der Waals surface area contributed by atoms with Gasteiger partial charge in [0.15, 0.2) is 11.6 Å². The van der Waals surface area contributed by atoms with Crippen molar-refractivity contribution in [2.24, 2.45) is 0 Å². The van der Waals surface area contributed by atoms with Gasteiger partial charge in [-0.05, 0) is 17.7 Å². The summed E-state index contributed by atoms with van der Waals surface area (Å²) >= 11 is 0. The Balaban J connectivity index is 2.20. The van der Waals surface area contributed by atoms with Crippen LogP contribution in [0.5, 0.6) is 5.75 Å². The first-order valence-corrected chi connectivity index (χ1v) is 4.96. The molecule has 1 unspecified atom stereocenters. The highest BCUT2D eigenvalue weighted by Gasteiger charge is 2.16. The van der Waals surface area contributed by atoms with Crippen molar-refractivity contribution in [1.29, 1.82) is 0 Å². The predicted molar refractivity (Wildman–Crippen MR) is 54.5 cm³/mol. The second kappa shape index (κ2) is 4.59. The molecule has 0 aliphatic carbocycles. The Hall–Kier alpha value is -1.13. The van der Waals surface area contributed by atoms with Gasteiger partial charge in [0.2, 0.25) is 0 Å². The van der Waals surface area contributed by atoms with E-state index in [4.69, 9.17) is 9.47 Å². The first kappa shape index (κ1) is 10.4. The highest BCUT2D eigenvalue weighted by atomic mass is 19.1. The highest BCUT2D eigenvalue weighted by Crippen LogP contribution is 2.23. The average molecular weight is 211 g/mol. The summed E-state index contributed by atoms with van der Waals surface area (Å²) in [5.74, 6) is -0.0575. The van der Waals surface area contributed by atoms with E-state index in [1.807, 2.05) is 0 Å². The zero-order valence-electron chi connectivity index (χ0n) is 8.63. The molecule has 82 valence electrons. The van der Waals surface area contributed by atoms with Crippen LogP contribution in [0.4, 0.5) is 4.39 Å². The van der Waals surface area contributed by atoms with Gasteiger partial charge in [0.05, 0.1) is 26.4 Å². The van der Waals surface area contributed by atoms with Gasteiger partial charge in [0, 0.05) is 6.54 Å². The SMILES string of the molecule is COc1cc(C2COCCN2)ccc1F. The van der Waals surface area contributed by atoms with E-state index in [0.717, 1.165) is 18.7 Å². The van der Waals surface area contributed by atoms with Gasteiger partial charge >= 0.3 is 0 Å². The lowest BCUT2D eigenvalue weighted by molar-refractivity contribution is 0.0768. The normalized spacial score (nSPS) is 21.3. The summed E-state index contributed by atoms with van der Waals surface area (Å²) in [5.41, 5.74) is 0.993. The number of morpholine rings is 1. The second-order valence-corrected chi connectivity index (χ2v) is 3.48. The Morgan fingerprint density at radius 1 is 1.53 bits per heavy atom. The van der Waals surface area contributed by atoms with Gasteiger partial charge in [0.25, 0.3) is 0 Å². The van der Waals surface area contributed by atoms with Gasteiger partial charge < -0.3 is 14.8 Å². The summed E-state index contributed by atoms with van der Waals surface area (Å²) in [4.78, 5) is 0. The Morgan fingerprint density at radius 3 is 3.07 bits per heavy atom. The molecule has 1 heterocycles. The molecule has 1 fully saturated rings. The minimum Gasteiger partial charge on any atom is -0.494 e. The fourth-order valence-electron chi connectivity index (χ4n) is 1.67. The maximum absolute atomic E-state index is 13.2. The van der Waals surface area contributed by atoms with Crippen LogP contribution in [-0.2, 0) is 4.74 Å². The lowest BCUT2D eigenvalue weighted by Gasteiger charge is -2.24. The van der Waals surface area contributed by atoms with E-state index >= 15 is 0 Å². The van der Waals surface area contributed by atoms with Crippen LogP contribution in [0.25, 0.3) is 0 Å². The smallest absolute Gasteiger partial charge is 0.165 e. The van der Waals surface area contributed by atoms with E-state index in [1.165, 1.54) is 13.2 Å². The van der Waals surface area contributed by atoms with Crippen molar-refractivity contribution >= 4 is 0 Å². The summed E-state index contributed by atoms with van der Waals surface area (Å²) < 4.78 is 23.4. The molecule has 3 nitrogen and oxygen atoms in total. The molecule has 1 aromatic carbocycles. The fraction of sp³-hybridized carbons (Fsp3) is 0.455. The van der Waals surface area contributed by atoms with Gasteiger partial charge in [-0.3, -0.25) is 0 Å². The van der Waals surface area contributed by atoms with Crippen molar-refractivity contribution < 1.29 is 13.9 Å². The van der Waals surface area contributed by atoms with E-state index in [1.54, 1.807) is 12.1 Å². The topological polar surface area (TPSA) is 30.5 Å². The first-order chi connectivity index (χ1) is 7.31. The van der Waals surface area contributed by atoms with Gasteiger partial charge in [-0.15, -0.1) is 0 Å². The number of hydrogen-bond donors (Lipinski definition) is 1. The van der Waals surface area contributed by atoms with Crippen LogP contribution in [0, 0.1) is 5.82 Å². The standard InChI is InChI=1S/C11H14FNO2/c1-14-11-6-8(2-3-9(11)12)10-7-15-5-4-13-10/h2-3,6,10,13H,4-5,7H2,1H3. The van der Waals surface area contributed by atoms with Crippen LogP contribution in [0.15, 0.2) is 18.2 Å². The monoisotopic (exact) mass is 211 g/mol. The Bertz CT molecular complexity index is 337. The van der Waals surface area contributed by atoms with Crippen molar-refractivity contribution in [1.82, 2.24) is 5.32 Å². The molecule has 15 heavy (non-hydrogen) atoms. The number of ether oxygens (including phenoxy) is 2. The molecule has 1 atom stereocenters. The van der Waals surface area contributed by atoms with Crippen LogP contribution < -0.4 is 10.1 Å². The molecule has 1 saturated heterocycles. The Morgan fingerprint density at radius 2 is 2.40 bits per heavy atom. The third-order valence-electron chi connectivity index (χ3n) is 2.50. The van der Waals surface area contributed by atoms with E-state index in [9.17, 15) is 4.39 Å². The molecule has 0 amide bonds. The van der Waals surface area contributed by atoms with Crippen molar-refractivity contribution in [3.63, 3.8) is 0 Å². The molecule has 0 radical (unpaired) electrons. The predicted octanol–water partition coefficient (Wildman–Crippen LogP) is 1.50. The quantitative estimate of drug-likeness (QED) is 0.804. The minimum absolute atomic E-state index is 0.133. The first-order valence-electron chi connectivity index (χ1n) is 4.96. The van der Waals surface area contributed by atoms with Crippen LogP contribution >= 0.6 is 0 Å². The number of hydrogen-bond acceptors (Lipinski definition) is 3. The zero-order chi connectivity index (χ0) is 10.7. The molecule has 0 bridgehead atoms. The van der Waals surface area contributed by atoms with Crippen molar-refractivity contribution in [2.45, 2.75) is 6.04 Å². The van der Waals surface area contributed by atoms with Gasteiger partial charge in [-0.2, -0.15) is 0 Å². The van der Waals surface area contributed by atoms with Crippen molar-refractivity contribution in [3.8, 4) is 5.75 Å². The zero-order valence-corrected chi connectivity index (χ0v) is 8.63. The van der Waals surface area contributed by atoms with Gasteiger partial charge in [-0.25, -0.2) is 4.39 Å². The second-order valence-electron chi connectivity index (χ2n) is 3.48. The summed E-state index contributed by atoms with van der Waals surface area (Å²) in [6.07, 6.45) is 0. The average Bonchev–Trinajstić information content (AvgIpc) is 2.31. The van der Waals surface area contributed by atoms with Crippen LogP contribution in [0.2, 0.25) is 0 Å². The lowest BCUT2D eigenvalue weighted by atomic mass is 10.1. The molecular formula is C11H14FNO2. The fourth-order valence-corrected chi connectivity index (χ4v) is 1.67. The van der Waals surface area contributed by atoms with E-state index in [0.29, 0.717) is 6.61 Å². The summed E-state index contributed by atoms with van der Waals surface area (Å²) in [6, 6.07) is 5.02. The third-order valence-corrected chi connectivity index (χ3v) is 2.50. The lowest BCUT2D eigenvalue weighted by Crippen LogP contribution is -2.34. The molecule has 1 aliphatic rings. The van der Waals surface area contributed by atoms with Gasteiger partial charge in [-0.1, -0.05) is 6.07 Å². The summed E-state index contributed by atoms with van der Waals surface area (Å²) in [5, 5.41) is 3.30. The maximum atomic E-state index is 13.2. The number of nitrogens with one attached hydrogen (secondary N) is 1. The largest absolute Gasteiger partial charge is 0.494 e. The molecule has 0 saturated carbocycles. The molecule has 0 spiro atoms. The molecule has 1 aliphatic heterocycles. The van der Waals surface area contributed by atoms with Gasteiger partial charge in [0.1, 0.15) is 0 Å².